The van der Waals surface area contributed by atoms with Crippen LogP contribution in [0.5, 0.6) is 0 Å². The van der Waals surface area contributed by atoms with E-state index in [1.165, 1.54) is 4.90 Å². The van der Waals surface area contributed by atoms with Gasteiger partial charge in [0, 0.05) is 19.2 Å². The number of likely N-dealkylation sites (tertiary alicyclic amines) is 1. The molecule has 0 saturated carbocycles. The van der Waals surface area contributed by atoms with Crippen molar-refractivity contribution in [2.24, 2.45) is 0 Å². The molecule has 1 aliphatic rings. The largest absolute Gasteiger partial charge is 0.331 e. The van der Waals surface area contributed by atoms with Gasteiger partial charge >= 0.3 is 0 Å². The molecule has 132 valence electrons. The average molecular weight is 346 g/mol. The first-order valence-electron chi connectivity index (χ1n) is 8.18. The highest BCUT2D eigenvalue weighted by molar-refractivity contribution is 5.94. The minimum atomic E-state index is -2.83. The number of halogens is 2. The highest BCUT2D eigenvalue weighted by Crippen LogP contribution is 2.28. The van der Waals surface area contributed by atoms with Crippen LogP contribution in [0.25, 0.3) is 0 Å². The van der Waals surface area contributed by atoms with Gasteiger partial charge in [0.05, 0.1) is 6.54 Å². The summed E-state index contributed by atoms with van der Waals surface area (Å²) in [5.74, 6) is -2.23. The molecule has 3 heterocycles. The van der Waals surface area contributed by atoms with E-state index in [-0.39, 0.29) is 12.1 Å². The van der Waals surface area contributed by atoms with Crippen molar-refractivity contribution in [3.05, 3.63) is 47.3 Å². The van der Waals surface area contributed by atoms with Gasteiger partial charge in [0.2, 0.25) is 0 Å². The van der Waals surface area contributed by atoms with Crippen molar-refractivity contribution in [1.82, 2.24) is 14.9 Å². The maximum Gasteiger partial charge on any atom is 0.273 e. The van der Waals surface area contributed by atoms with E-state index in [1.807, 2.05) is 19.1 Å². The first-order chi connectivity index (χ1) is 11.8. The number of hydrogen-bond acceptors (Lipinski definition) is 4. The number of hydrogen-bond donors (Lipinski definition) is 1. The van der Waals surface area contributed by atoms with Gasteiger partial charge in [-0.05, 0) is 49.6 Å². The number of nitrogens with zero attached hydrogens (tertiary/aromatic N) is 3. The SMILES string of the molecule is Cc1ccnc(Nc2ccc(C)c(C(=O)N3CCCC(F)(F)C3)n2)c1. The Labute approximate surface area is 145 Å². The minimum Gasteiger partial charge on any atom is -0.331 e. The van der Waals surface area contributed by atoms with Gasteiger partial charge < -0.3 is 10.2 Å². The maximum atomic E-state index is 13.6. The van der Waals surface area contributed by atoms with Crippen LogP contribution >= 0.6 is 0 Å². The molecule has 0 aliphatic carbocycles. The molecule has 1 amide bonds. The molecule has 2 aromatic heterocycles. The van der Waals surface area contributed by atoms with Crippen molar-refractivity contribution in [2.75, 3.05) is 18.4 Å². The second-order valence-corrected chi connectivity index (χ2v) is 6.39. The fourth-order valence-corrected chi connectivity index (χ4v) is 2.84. The molecule has 1 saturated heterocycles. The molecule has 0 spiro atoms. The molecule has 7 heteroatoms. The standard InChI is InChI=1S/C18H20F2N4O/c1-12-6-8-21-15(10-12)22-14-5-4-13(2)16(23-14)17(25)24-9-3-7-18(19,20)11-24/h4-6,8,10H,3,7,9,11H2,1-2H3,(H,21,22,23). The second-order valence-electron chi connectivity index (χ2n) is 6.39. The highest BCUT2D eigenvalue weighted by atomic mass is 19.3. The summed E-state index contributed by atoms with van der Waals surface area (Å²) in [5, 5.41) is 3.05. The van der Waals surface area contributed by atoms with E-state index in [9.17, 15) is 13.6 Å². The molecule has 5 nitrogen and oxygen atoms in total. The van der Waals surface area contributed by atoms with Crippen LogP contribution in [0, 0.1) is 13.8 Å². The third-order valence-corrected chi connectivity index (χ3v) is 4.15. The van der Waals surface area contributed by atoms with Crippen LogP contribution < -0.4 is 5.32 Å². The zero-order valence-electron chi connectivity index (χ0n) is 14.2. The summed E-state index contributed by atoms with van der Waals surface area (Å²) in [7, 11) is 0. The average Bonchev–Trinajstić information content (AvgIpc) is 2.55. The topological polar surface area (TPSA) is 58.1 Å². The predicted octanol–water partition coefficient (Wildman–Crippen LogP) is 3.71. The Hall–Kier alpha value is -2.57. The van der Waals surface area contributed by atoms with E-state index < -0.39 is 18.4 Å². The van der Waals surface area contributed by atoms with E-state index in [4.69, 9.17) is 0 Å². The Morgan fingerprint density at radius 2 is 2.04 bits per heavy atom. The number of aryl methyl sites for hydroxylation is 2. The lowest BCUT2D eigenvalue weighted by molar-refractivity contribution is -0.0561. The van der Waals surface area contributed by atoms with Gasteiger partial charge in [0.15, 0.2) is 0 Å². The van der Waals surface area contributed by atoms with E-state index in [0.717, 1.165) is 5.56 Å². The van der Waals surface area contributed by atoms with Crippen LogP contribution in [0.4, 0.5) is 20.4 Å². The number of amides is 1. The Morgan fingerprint density at radius 1 is 1.24 bits per heavy atom. The van der Waals surface area contributed by atoms with Gasteiger partial charge in [0.1, 0.15) is 17.3 Å². The van der Waals surface area contributed by atoms with E-state index in [0.29, 0.717) is 30.2 Å². The summed E-state index contributed by atoms with van der Waals surface area (Å²) in [5.41, 5.74) is 1.88. The molecule has 0 radical (unpaired) electrons. The Morgan fingerprint density at radius 3 is 2.76 bits per heavy atom. The molecular weight excluding hydrogens is 326 g/mol. The summed E-state index contributed by atoms with van der Waals surface area (Å²) < 4.78 is 27.2. The van der Waals surface area contributed by atoms with Crippen LogP contribution in [0.15, 0.2) is 30.5 Å². The van der Waals surface area contributed by atoms with Crippen molar-refractivity contribution in [2.45, 2.75) is 32.6 Å². The normalized spacial score (nSPS) is 16.6. The number of alkyl halides is 2. The van der Waals surface area contributed by atoms with Gasteiger partial charge in [-0.3, -0.25) is 4.79 Å². The summed E-state index contributed by atoms with van der Waals surface area (Å²) in [4.78, 5) is 22.4. The number of piperidine rings is 1. The van der Waals surface area contributed by atoms with E-state index in [1.54, 1.807) is 25.3 Å². The smallest absolute Gasteiger partial charge is 0.273 e. The van der Waals surface area contributed by atoms with E-state index in [2.05, 4.69) is 15.3 Å². The minimum absolute atomic E-state index is 0.177. The van der Waals surface area contributed by atoms with Gasteiger partial charge in [-0.15, -0.1) is 0 Å². The van der Waals surface area contributed by atoms with Crippen molar-refractivity contribution in [3.63, 3.8) is 0 Å². The first-order valence-corrected chi connectivity index (χ1v) is 8.18. The number of pyridine rings is 2. The number of aromatic nitrogens is 2. The van der Waals surface area contributed by atoms with Crippen LogP contribution in [0.3, 0.4) is 0 Å². The van der Waals surface area contributed by atoms with Crippen molar-refractivity contribution >= 4 is 17.5 Å². The molecule has 1 N–H and O–H groups in total. The zero-order chi connectivity index (χ0) is 18.0. The first kappa shape index (κ1) is 17.3. The molecule has 2 aromatic rings. The van der Waals surface area contributed by atoms with Crippen molar-refractivity contribution in [3.8, 4) is 0 Å². The lowest BCUT2D eigenvalue weighted by Crippen LogP contribution is -2.46. The number of rotatable bonds is 3. The molecule has 0 atom stereocenters. The fourth-order valence-electron chi connectivity index (χ4n) is 2.84. The van der Waals surface area contributed by atoms with Crippen LogP contribution in [-0.2, 0) is 0 Å². The molecule has 1 fully saturated rings. The molecule has 0 bridgehead atoms. The molecule has 3 rings (SSSR count). The molecule has 1 aliphatic heterocycles. The number of anilines is 2. The van der Waals surface area contributed by atoms with Crippen LogP contribution in [0.1, 0.15) is 34.5 Å². The summed E-state index contributed by atoms with van der Waals surface area (Å²) in [6, 6.07) is 7.22. The summed E-state index contributed by atoms with van der Waals surface area (Å²) in [6.45, 7) is 3.47. The van der Waals surface area contributed by atoms with Crippen molar-refractivity contribution in [1.29, 1.82) is 0 Å². The lowest BCUT2D eigenvalue weighted by Gasteiger charge is -2.32. The van der Waals surface area contributed by atoms with Gasteiger partial charge in [-0.1, -0.05) is 6.07 Å². The lowest BCUT2D eigenvalue weighted by atomic mass is 10.1. The molecule has 0 unspecified atom stereocenters. The van der Waals surface area contributed by atoms with Crippen LogP contribution in [-0.4, -0.2) is 39.8 Å². The predicted molar refractivity (Wildman–Crippen MR) is 91.3 cm³/mol. The maximum absolute atomic E-state index is 13.6. The van der Waals surface area contributed by atoms with Crippen LogP contribution in [0.2, 0.25) is 0 Å². The quantitative estimate of drug-likeness (QED) is 0.920. The zero-order valence-corrected chi connectivity index (χ0v) is 14.2. The summed E-state index contributed by atoms with van der Waals surface area (Å²) in [6.07, 6.45) is 1.79. The second kappa shape index (κ2) is 6.74. The van der Waals surface area contributed by atoms with Gasteiger partial charge in [0.25, 0.3) is 11.8 Å². The Balaban J connectivity index is 1.83. The Kier molecular flexibility index (Phi) is 4.65. The number of nitrogens with one attached hydrogen (secondary N) is 1. The molecular formula is C18H20F2N4O. The van der Waals surface area contributed by atoms with Crippen molar-refractivity contribution < 1.29 is 13.6 Å². The highest BCUT2D eigenvalue weighted by Gasteiger charge is 2.37. The third kappa shape index (κ3) is 4.10. The summed E-state index contributed by atoms with van der Waals surface area (Å²) >= 11 is 0. The fraction of sp³-hybridized carbons (Fsp3) is 0.389. The third-order valence-electron chi connectivity index (χ3n) is 4.15. The molecule has 0 aromatic carbocycles. The monoisotopic (exact) mass is 346 g/mol. The van der Waals surface area contributed by atoms with E-state index >= 15 is 0 Å². The van der Waals surface area contributed by atoms with Gasteiger partial charge in [-0.2, -0.15) is 0 Å². The van der Waals surface area contributed by atoms with Gasteiger partial charge in [-0.25, -0.2) is 18.7 Å². The molecule has 25 heavy (non-hydrogen) atoms. The number of carbonyl (C=O) groups excluding carboxylic acids is 1. The number of carbonyl (C=O) groups is 1. The Bertz CT molecular complexity index is 794.